The predicted molar refractivity (Wildman–Crippen MR) is 87.4 cm³/mol. The number of aromatic nitrogens is 2. The molecule has 0 spiro atoms. The van der Waals surface area contributed by atoms with Crippen LogP contribution in [0, 0.1) is 12.8 Å². The standard InChI is InChI=1S/C15H19N3OS2/c1-10(2)13(21-15-18-11(3)9-20-15)14(19)17-8-12-5-4-6-16-7-12/h4-7,9-10,13H,8H2,1-3H3,(H,17,19). The maximum absolute atomic E-state index is 12.4. The van der Waals surface area contributed by atoms with E-state index in [0.29, 0.717) is 6.54 Å². The van der Waals surface area contributed by atoms with Crippen LogP contribution in [-0.4, -0.2) is 21.1 Å². The lowest BCUT2D eigenvalue weighted by atomic mass is 10.1. The molecule has 1 amide bonds. The van der Waals surface area contributed by atoms with Gasteiger partial charge in [0.2, 0.25) is 5.91 Å². The van der Waals surface area contributed by atoms with E-state index in [0.717, 1.165) is 15.6 Å². The number of carbonyl (C=O) groups excluding carboxylic acids is 1. The normalized spacial score (nSPS) is 12.4. The summed E-state index contributed by atoms with van der Waals surface area (Å²) in [5.41, 5.74) is 2.00. The lowest BCUT2D eigenvalue weighted by Gasteiger charge is -2.18. The zero-order valence-electron chi connectivity index (χ0n) is 12.4. The molecule has 2 rings (SSSR count). The number of thiazole rings is 1. The SMILES string of the molecule is Cc1csc(SC(C(=O)NCc2cccnc2)C(C)C)n1. The van der Waals surface area contributed by atoms with E-state index < -0.39 is 0 Å². The minimum Gasteiger partial charge on any atom is -0.351 e. The van der Waals surface area contributed by atoms with Crippen LogP contribution in [0.25, 0.3) is 0 Å². The Kier molecular flexibility index (Phi) is 5.76. The summed E-state index contributed by atoms with van der Waals surface area (Å²) >= 11 is 3.13. The number of pyridine rings is 1. The van der Waals surface area contributed by atoms with Crippen LogP contribution in [0.2, 0.25) is 0 Å². The van der Waals surface area contributed by atoms with E-state index in [1.807, 2.05) is 24.4 Å². The van der Waals surface area contributed by atoms with Crippen LogP contribution in [0.15, 0.2) is 34.2 Å². The Bertz CT molecular complexity index is 584. The molecular formula is C15H19N3OS2. The summed E-state index contributed by atoms with van der Waals surface area (Å²) < 4.78 is 0.947. The number of hydrogen-bond donors (Lipinski definition) is 1. The average molecular weight is 321 g/mol. The van der Waals surface area contributed by atoms with Gasteiger partial charge in [0.05, 0.1) is 5.25 Å². The third kappa shape index (κ3) is 4.82. The first-order valence-corrected chi connectivity index (χ1v) is 8.57. The molecule has 0 saturated heterocycles. The fraction of sp³-hybridized carbons (Fsp3) is 0.400. The summed E-state index contributed by atoms with van der Waals surface area (Å²) in [6, 6.07) is 3.82. The van der Waals surface area contributed by atoms with Gasteiger partial charge in [-0.2, -0.15) is 0 Å². The molecule has 1 atom stereocenters. The first-order valence-electron chi connectivity index (χ1n) is 6.81. The topological polar surface area (TPSA) is 54.9 Å². The van der Waals surface area contributed by atoms with Crippen LogP contribution in [0.5, 0.6) is 0 Å². The second-order valence-electron chi connectivity index (χ2n) is 5.12. The van der Waals surface area contributed by atoms with E-state index in [4.69, 9.17) is 0 Å². The van der Waals surface area contributed by atoms with Gasteiger partial charge in [0, 0.05) is 30.0 Å². The summed E-state index contributed by atoms with van der Waals surface area (Å²) in [5, 5.41) is 4.86. The van der Waals surface area contributed by atoms with E-state index in [1.54, 1.807) is 35.5 Å². The molecule has 0 aliphatic heterocycles. The van der Waals surface area contributed by atoms with Crippen molar-refractivity contribution in [1.29, 1.82) is 0 Å². The first-order chi connectivity index (χ1) is 10.1. The Morgan fingerprint density at radius 2 is 2.29 bits per heavy atom. The van der Waals surface area contributed by atoms with Crippen molar-refractivity contribution in [1.82, 2.24) is 15.3 Å². The van der Waals surface area contributed by atoms with E-state index in [-0.39, 0.29) is 17.1 Å². The number of carbonyl (C=O) groups is 1. The smallest absolute Gasteiger partial charge is 0.234 e. The number of aryl methyl sites for hydroxylation is 1. The van der Waals surface area contributed by atoms with E-state index >= 15 is 0 Å². The Labute approximate surface area is 133 Å². The van der Waals surface area contributed by atoms with Gasteiger partial charge in [0.1, 0.15) is 0 Å². The molecule has 0 aromatic carbocycles. The molecule has 2 aromatic heterocycles. The number of hydrogen-bond acceptors (Lipinski definition) is 5. The molecule has 6 heteroatoms. The van der Waals surface area contributed by atoms with Crippen LogP contribution in [0.3, 0.4) is 0 Å². The highest BCUT2D eigenvalue weighted by molar-refractivity contribution is 8.02. The van der Waals surface area contributed by atoms with Crippen molar-refractivity contribution in [2.75, 3.05) is 0 Å². The summed E-state index contributed by atoms with van der Waals surface area (Å²) in [6.45, 7) is 6.59. The monoisotopic (exact) mass is 321 g/mol. The Hall–Kier alpha value is -1.40. The minimum absolute atomic E-state index is 0.0479. The Morgan fingerprint density at radius 3 is 2.86 bits per heavy atom. The molecule has 0 aliphatic rings. The van der Waals surface area contributed by atoms with Gasteiger partial charge in [0.25, 0.3) is 0 Å². The lowest BCUT2D eigenvalue weighted by Crippen LogP contribution is -2.35. The zero-order chi connectivity index (χ0) is 15.2. The molecule has 0 fully saturated rings. The summed E-state index contributed by atoms with van der Waals surface area (Å²) in [6.07, 6.45) is 3.49. The number of rotatable bonds is 6. The second-order valence-corrected chi connectivity index (χ2v) is 7.36. The summed E-state index contributed by atoms with van der Waals surface area (Å²) in [7, 11) is 0. The number of amides is 1. The van der Waals surface area contributed by atoms with Crippen molar-refractivity contribution in [2.45, 2.75) is 36.9 Å². The minimum atomic E-state index is -0.132. The van der Waals surface area contributed by atoms with Crippen molar-refractivity contribution in [3.63, 3.8) is 0 Å². The van der Waals surface area contributed by atoms with Gasteiger partial charge in [-0.1, -0.05) is 31.7 Å². The van der Waals surface area contributed by atoms with E-state index in [1.165, 1.54) is 0 Å². The maximum atomic E-state index is 12.4. The average Bonchev–Trinajstić information content (AvgIpc) is 2.88. The van der Waals surface area contributed by atoms with E-state index in [9.17, 15) is 4.79 Å². The zero-order valence-corrected chi connectivity index (χ0v) is 14.0. The molecule has 21 heavy (non-hydrogen) atoms. The quantitative estimate of drug-likeness (QED) is 0.830. The molecule has 1 unspecified atom stereocenters. The van der Waals surface area contributed by atoms with Crippen LogP contribution in [-0.2, 0) is 11.3 Å². The lowest BCUT2D eigenvalue weighted by molar-refractivity contribution is -0.121. The third-order valence-corrected chi connectivity index (χ3v) is 5.51. The fourth-order valence-corrected chi connectivity index (χ4v) is 3.85. The van der Waals surface area contributed by atoms with Crippen molar-refractivity contribution in [2.24, 2.45) is 5.92 Å². The molecule has 0 aliphatic carbocycles. The molecule has 0 radical (unpaired) electrons. The third-order valence-electron chi connectivity index (χ3n) is 2.88. The largest absolute Gasteiger partial charge is 0.351 e. The highest BCUT2D eigenvalue weighted by atomic mass is 32.2. The molecular weight excluding hydrogens is 302 g/mol. The van der Waals surface area contributed by atoms with Gasteiger partial charge >= 0.3 is 0 Å². The van der Waals surface area contributed by atoms with Crippen LogP contribution in [0.1, 0.15) is 25.1 Å². The van der Waals surface area contributed by atoms with Crippen molar-refractivity contribution >= 4 is 29.0 Å². The van der Waals surface area contributed by atoms with Gasteiger partial charge in [-0.25, -0.2) is 4.98 Å². The molecule has 1 N–H and O–H groups in total. The van der Waals surface area contributed by atoms with Gasteiger partial charge in [-0.15, -0.1) is 11.3 Å². The first kappa shape index (κ1) is 16.0. The molecule has 2 aromatic rings. The van der Waals surface area contributed by atoms with E-state index in [2.05, 4.69) is 29.1 Å². The number of thioether (sulfide) groups is 1. The number of nitrogens with one attached hydrogen (secondary N) is 1. The highest BCUT2D eigenvalue weighted by Gasteiger charge is 2.24. The van der Waals surface area contributed by atoms with Gasteiger partial charge in [-0.05, 0) is 24.5 Å². The van der Waals surface area contributed by atoms with Crippen molar-refractivity contribution < 1.29 is 4.79 Å². The second kappa shape index (κ2) is 7.56. The van der Waals surface area contributed by atoms with Crippen LogP contribution < -0.4 is 5.32 Å². The van der Waals surface area contributed by atoms with Crippen molar-refractivity contribution in [3.05, 3.63) is 41.2 Å². The van der Waals surface area contributed by atoms with Crippen LogP contribution >= 0.6 is 23.1 Å². The van der Waals surface area contributed by atoms with Gasteiger partial charge < -0.3 is 5.32 Å². The fourth-order valence-electron chi connectivity index (χ4n) is 1.78. The Morgan fingerprint density at radius 1 is 1.48 bits per heavy atom. The highest BCUT2D eigenvalue weighted by Crippen LogP contribution is 2.30. The van der Waals surface area contributed by atoms with Crippen molar-refractivity contribution in [3.8, 4) is 0 Å². The molecule has 2 heterocycles. The Balaban J connectivity index is 1.96. The maximum Gasteiger partial charge on any atom is 0.234 e. The van der Waals surface area contributed by atoms with Gasteiger partial charge in [-0.3, -0.25) is 9.78 Å². The summed E-state index contributed by atoms with van der Waals surface area (Å²) in [5.74, 6) is 0.291. The molecule has 112 valence electrons. The molecule has 0 bridgehead atoms. The predicted octanol–water partition coefficient (Wildman–Crippen LogP) is 3.28. The molecule has 0 saturated carbocycles. The van der Waals surface area contributed by atoms with Gasteiger partial charge in [0.15, 0.2) is 4.34 Å². The number of nitrogens with zero attached hydrogens (tertiary/aromatic N) is 2. The summed E-state index contributed by atoms with van der Waals surface area (Å²) in [4.78, 5) is 20.9. The molecule has 4 nitrogen and oxygen atoms in total. The van der Waals surface area contributed by atoms with Crippen LogP contribution in [0.4, 0.5) is 0 Å².